The van der Waals surface area contributed by atoms with E-state index in [9.17, 15) is 4.39 Å². The van der Waals surface area contributed by atoms with Gasteiger partial charge < -0.3 is 10.1 Å². The topological polar surface area (TPSA) is 51.5 Å². The van der Waals surface area contributed by atoms with Crippen molar-refractivity contribution in [1.29, 1.82) is 0 Å². The predicted octanol–water partition coefficient (Wildman–Crippen LogP) is 3.11. The van der Waals surface area contributed by atoms with Crippen LogP contribution in [0.1, 0.15) is 17.1 Å². The number of benzene rings is 1. The van der Waals surface area contributed by atoms with Gasteiger partial charge in [-0.2, -0.15) is 0 Å². The molecule has 0 amide bonds. The highest BCUT2D eigenvalue weighted by molar-refractivity contribution is 5.56. The maximum atomic E-state index is 13.2. The number of anilines is 1. The van der Waals surface area contributed by atoms with Gasteiger partial charge in [0.25, 0.3) is 0 Å². The summed E-state index contributed by atoms with van der Waals surface area (Å²) in [4.78, 5) is 8.90. The van der Waals surface area contributed by atoms with Crippen LogP contribution in [0, 0.1) is 19.7 Å². The smallest absolute Gasteiger partial charge is 0.234 e. The highest BCUT2D eigenvalue weighted by Crippen LogP contribution is 2.25. The van der Waals surface area contributed by atoms with Gasteiger partial charge in [0.05, 0.1) is 25.0 Å². The van der Waals surface area contributed by atoms with Gasteiger partial charge in [0.15, 0.2) is 0 Å². The largest absolute Gasteiger partial charge is 0.494 e. The van der Waals surface area contributed by atoms with E-state index in [1.165, 1.54) is 19.2 Å². The van der Waals surface area contributed by atoms with Gasteiger partial charge in [-0.25, -0.2) is 14.4 Å². The molecule has 0 aliphatic rings. The van der Waals surface area contributed by atoms with Crippen LogP contribution >= 0.6 is 0 Å². The fourth-order valence-electron chi connectivity index (χ4n) is 2.40. The molecule has 3 rings (SSSR count). The standard InChI is InChI=1S/C16H17FN4O/c1-10-6-11(2)21-9-13(20-16(21)19-10)8-18-14-5-4-12(17)7-15(14)22-3/h4-7,9,18H,8H2,1-3H3. The van der Waals surface area contributed by atoms with E-state index in [-0.39, 0.29) is 5.82 Å². The SMILES string of the molecule is COc1cc(F)ccc1NCc1cn2c(C)cc(C)nc2n1. The normalized spacial score (nSPS) is 10.9. The molecule has 0 aliphatic carbocycles. The molecule has 0 saturated carbocycles. The van der Waals surface area contributed by atoms with Crippen molar-refractivity contribution < 1.29 is 9.13 Å². The van der Waals surface area contributed by atoms with E-state index in [4.69, 9.17) is 4.74 Å². The van der Waals surface area contributed by atoms with E-state index in [0.29, 0.717) is 18.1 Å². The van der Waals surface area contributed by atoms with Gasteiger partial charge in [0, 0.05) is 23.7 Å². The fourth-order valence-corrected chi connectivity index (χ4v) is 2.40. The van der Waals surface area contributed by atoms with Gasteiger partial charge in [0.1, 0.15) is 11.6 Å². The molecule has 0 aliphatic heterocycles. The van der Waals surface area contributed by atoms with E-state index in [0.717, 1.165) is 22.8 Å². The van der Waals surface area contributed by atoms with Crippen LogP contribution in [0.3, 0.4) is 0 Å². The number of halogens is 1. The van der Waals surface area contributed by atoms with Gasteiger partial charge in [-0.1, -0.05) is 0 Å². The summed E-state index contributed by atoms with van der Waals surface area (Å²) in [6.45, 7) is 4.47. The number of methoxy groups -OCH3 is 1. The maximum absolute atomic E-state index is 13.2. The Morgan fingerprint density at radius 3 is 2.82 bits per heavy atom. The monoisotopic (exact) mass is 300 g/mol. The van der Waals surface area contributed by atoms with Crippen LogP contribution < -0.4 is 10.1 Å². The third-order valence-electron chi connectivity index (χ3n) is 3.43. The summed E-state index contributed by atoms with van der Waals surface area (Å²) in [5.74, 6) is 0.819. The van der Waals surface area contributed by atoms with E-state index < -0.39 is 0 Å². The first-order valence-electron chi connectivity index (χ1n) is 6.96. The van der Waals surface area contributed by atoms with Gasteiger partial charge in [-0.15, -0.1) is 0 Å². The Kier molecular flexibility index (Phi) is 3.66. The lowest BCUT2D eigenvalue weighted by atomic mass is 10.2. The number of nitrogens with one attached hydrogen (secondary N) is 1. The highest BCUT2D eigenvalue weighted by atomic mass is 19.1. The predicted molar refractivity (Wildman–Crippen MR) is 82.7 cm³/mol. The van der Waals surface area contributed by atoms with Crippen molar-refractivity contribution in [3.8, 4) is 5.75 Å². The van der Waals surface area contributed by atoms with Crippen molar-refractivity contribution in [2.75, 3.05) is 12.4 Å². The van der Waals surface area contributed by atoms with Gasteiger partial charge >= 0.3 is 0 Å². The zero-order chi connectivity index (χ0) is 15.7. The number of hydrogen-bond acceptors (Lipinski definition) is 4. The van der Waals surface area contributed by atoms with E-state index in [2.05, 4.69) is 15.3 Å². The minimum Gasteiger partial charge on any atom is -0.494 e. The van der Waals surface area contributed by atoms with Crippen LogP contribution in [0.2, 0.25) is 0 Å². The molecule has 0 unspecified atom stereocenters. The number of aromatic nitrogens is 3. The summed E-state index contributed by atoms with van der Waals surface area (Å²) in [7, 11) is 1.51. The Labute approximate surface area is 127 Å². The quantitative estimate of drug-likeness (QED) is 0.804. The number of fused-ring (bicyclic) bond motifs is 1. The van der Waals surface area contributed by atoms with Crippen LogP contribution in [0.25, 0.3) is 5.78 Å². The fraction of sp³-hybridized carbons (Fsp3) is 0.250. The van der Waals surface area contributed by atoms with E-state index in [1.54, 1.807) is 6.07 Å². The molecule has 0 bridgehead atoms. The molecule has 0 atom stereocenters. The molecule has 0 fully saturated rings. The molecule has 1 N–H and O–H groups in total. The Morgan fingerprint density at radius 1 is 1.23 bits per heavy atom. The molecular weight excluding hydrogens is 283 g/mol. The summed E-state index contributed by atoms with van der Waals surface area (Å²) in [5.41, 5.74) is 3.60. The lowest BCUT2D eigenvalue weighted by Gasteiger charge is -2.09. The molecule has 0 saturated heterocycles. The average Bonchev–Trinajstić information content (AvgIpc) is 2.89. The van der Waals surface area contributed by atoms with Crippen molar-refractivity contribution >= 4 is 11.5 Å². The molecule has 114 valence electrons. The van der Waals surface area contributed by atoms with Crippen molar-refractivity contribution in [3.63, 3.8) is 0 Å². The Morgan fingerprint density at radius 2 is 2.05 bits per heavy atom. The third kappa shape index (κ3) is 2.72. The molecule has 2 aromatic heterocycles. The molecule has 0 spiro atoms. The zero-order valence-corrected chi connectivity index (χ0v) is 12.7. The summed E-state index contributed by atoms with van der Waals surface area (Å²) >= 11 is 0. The lowest BCUT2D eigenvalue weighted by Crippen LogP contribution is -2.02. The minimum atomic E-state index is -0.328. The first-order chi connectivity index (χ1) is 10.6. The van der Waals surface area contributed by atoms with Crippen molar-refractivity contribution in [2.24, 2.45) is 0 Å². The molecule has 0 radical (unpaired) electrons. The van der Waals surface area contributed by atoms with Crippen LogP contribution in [-0.2, 0) is 6.54 Å². The second kappa shape index (κ2) is 5.63. The molecule has 5 nitrogen and oxygen atoms in total. The van der Waals surface area contributed by atoms with Crippen molar-refractivity contribution in [2.45, 2.75) is 20.4 Å². The Balaban J connectivity index is 1.84. The number of hydrogen-bond donors (Lipinski definition) is 1. The Bertz CT molecular complexity index is 828. The van der Waals surface area contributed by atoms with Crippen molar-refractivity contribution in [3.05, 3.63) is 53.4 Å². The van der Waals surface area contributed by atoms with Gasteiger partial charge in [-0.05, 0) is 32.0 Å². The van der Waals surface area contributed by atoms with E-state index >= 15 is 0 Å². The van der Waals surface area contributed by atoms with Crippen LogP contribution in [0.5, 0.6) is 5.75 Å². The third-order valence-corrected chi connectivity index (χ3v) is 3.43. The summed E-state index contributed by atoms with van der Waals surface area (Å²) in [6.07, 6.45) is 1.94. The van der Waals surface area contributed by atoms with Gasteiger partial charge in [0.2, 0.25) is 5.78 Å². The first-order valence-corrected chi connectivity index (χ1v) is 6.96. The van der Waals surface area contributed by atoms with Gasteiger partial charge in [-0.3, -0.25) is 4.40 Å². The van der Waals surface area contributed by atoms with Crippen molar-refractivity contribution in [1.82, 2.24) is 14.4 Å². The second-order valence-corrected chi connectivity index (χ2v) is 5.14. The molecule has 22 heavy (non-hydrogen) atoms. The number of aryl methyl sites for hydroxylation is 2. The van der Waals surface area contributed by atoms with Crippen LogP contribution in [0.4, 0.5) is 10.1 Å². The molecule has 6 heteroatoms. The highest BCUT2D eigenvalue weighted by Gasteiger charge is 2.08. The number of nitrogens with zero attached hydrogens (tertiary/aromatic N) is 3. The average molecular weight is 300 g/mol. The molecular formula is C16H17FN4O. The summed E-state index contributed by atoms with van der Waals surface area (Å²) in [5, 5.41) is 3.21. The molecule has 2 heterocycles. The first kappa shape index (κ1) is 14.3. The number of rotatable bonds is 4. The lowest BCUT2D eigenvalue weighted by molar-refractivity contribution is 0.413. The number of imidazole rings is 1. The van der Waals surface area contributed by atoms with Crippen LogP contribution in [0.15, 0.2) is 30.5 Å². The van der Waals surface area contributed by atoms with E-state index in [1.807, 2.05) is 30.5 Å². The minimum absolute atomic E-state index is 0.328. The molecule has 3 aromatic rings. The zero-order valence-electron chi connectivity index (χ0n) is 12.7. The second-order valence-electron chi connectivity index (χ2n) is 5.14. The summed E-state index contributed by atoms with van der Waals surface area (Å²) < 4.78 is 20.3. The number of ether oxygens (including phenoxy) is 1. The molecule has 1 aromatic carbocycles. The van der Waals surface area contributed by atoms with Crippen LogP contribution in [-0.4, -0.2) is 21.5 Å². The summed E-state index contributed by atoms with van der Waals surface area (Å²) in [6, 6.07) is 6.40. The Hall–Kier alpha value is -2.63. The maximum Gasteiger partial charge on any atom is 0.234 e.